The summed E-state index contributed by atoms with van der Waals surface area (Å²) in [6.07, 6.45) is 5.61. The molecule has 206 valence electrons. The summed E-state index contributed by atoms with van der Waals surface area (Å²) in [5, 5.41) is 18.7. The number of nitrogens with zero attached hydrogens (tertiary/aromatic N) is 5. The van der Waals surface area contributed by atoms with E-state index >= 15 is 0 Å². The Kier molecular flexibility index (Phi) is 7.33. The highest BCUT2D eigenvalue weighted by Gasteiger charge is 2.33. The molecule has 3 aliphatic heterocycles. The van der Waals surface area contributed by atoms with Gasteiger partial charge in [-0.2, -0.15) is 5.10 Å². The van der Waals surface area contributed by atoms with E-state index in [1.165, 1.54) is 11.3 Å². The molecule has 39 heavy (non-hydrogen) atoms. The van der Waals surface area contributed by atoms with Crippen molar-refractivity contribution in [2.45, 2.75) is 57.8 Å². The Hall–Kier alpha value is -2.98. The Morgan fingerprint density at radius 1 is 1.21 bits per heavy atom. The first-order valence-electron chi connectivity index (χ1n) is 13.8. The SMILES string of the molecule is CNC(O)c1ccc(-c2cc3c(cc2Cl)N(c2nn(C4CCOCC4)c4c2CN(C(C)=O)CC4)CCC3)cn1. The molecule has 1 fully saturated rings. The van der Waals surface area contributed by atoms with E-state index in [1.54, 1.807) is 20.2 Å². The van der Waals surface area contributed by atoms with Crippen molar-refractivity contribution >= 4 is 29.0 Å². The minimum atomic E-state index is -0.808. The molecular weight excluding hydrogens is 516 g/mol. The molecule has 0 spiro atoms. The summed E-state index contributed by atoms with van der Waals surface area (Å²) < 4.78 is 7.87. The molecular formula is C29H35ClN6O3. The molecule has 0 radical (unpaired) electrons. The van der Waals surface area contributed by atoms with Gasteiger partial charge in [0.25, 0.3) is 0 Å². The molecule has 3 aromatic rings. The second-order valence-corrected chi connectivity index (χ2v) is 11.0. The largest absolute Gasteiger partial charge is 0.381 e. The van der Waals surface area contributed by atoms with Crippen molar-refractivity contribution in [2.75, 3.05) is 38.3 Å². The lowest BCUT2D eigenvalue weighted by molar-refractivity contribution is -0.129. The molecule has 9 nitrogen and oxygen atoms in total. The molecule has 1 unspecified atom stereocenters. The number of pyridine rings is 1. The number of halogens is 1. The Morgan fingerprint density at radius 3 is 2.74 bits per heavy atom. The van der Waals surface area contributed by atoms with Gasteiger partial charge in [0.15, 0.2) is 5.82 Å². The summed E-state index contributed by atoms with van der Waals surface area (Å²) >= 11 is 6.90. The van der Waals surface area contributed by atoms with Gasteiger partial charge in [0, 0.05) is 73.9 Å². The number of benzene rings is 1. The normalized spacial score (nSPS) is 18.6. The number of aliphatic hydroxyl groups excluding tert-OH is 1. The fourth-order valence-electron chi connectivity index (χ4n) is 6.07. The minimum Gasteiger partial charge on any atom is -0.381 e. The second-order valence-electron chi connectivity index (χ2n) is 10.6. The van der Waals surface area contributed by atoms with Gasteiger partial charge in [0.2, 0.25) is 5.91 Å². The van der Waals surface area contributed by atoms with E-state index in [1.807, 2.05) is 23.1 Å². The van der Waals surface area contributed by atoms with Crippen LogP contribution in [0.25, 0.3) is 11.1 Å². The summed E-state index contributed by atoms with van der Waals surface area (Å²) in [6.45, 7) is 5.30. The van der Waals surface area contributed by atoms with Gasteiger partial charge < -0.3 is 19.6 Å². The molecule has 10 heteroatoms. The van der Waals surface area contributed by atoms with Crippen molar-refractivity contribution in [3.05, 3.63) is 58.0 Å². The lowest BCUT2D eigenvalue weighted by atomic mass is 9.95. The second kappa shape index (κ2) is 10.9. The van der Waals surface area contributed by atoms with Gasteiger partial charge in [0.05, 0.1) is 23.3 Å². The average Bonchev–Trinajstić information content (AvgIpc) is 3.35. The van der Waals surface area contributed by atoms with Crippen molar-refractivity contribution in [3.8, 4) is 11.1 Å². The monoisotopic (exact) mass is 550 g/mol. The van der Waals surface area contributed by atoms with E-state index in [9.17, 15) is 9.90 Å². The zero-order valence-corrected chi connectivity index (χ0v) is 23.2. The van der Waals surface area contributed by atoms with Crippen LogP contribution in [0.3, 0.4) is 0 Å². The Bertz CT molecular complexity index is 1370. The number of aliphatic hydroxyl groups is 1. The zero-order valence-electron chi connectivity index (χ0n) is 22.5. The predicted molar refractivity (Wildman–Crippen MR) is 150 cm³/mol. The minimum absolute atomic E-state index is 0.0963. The molecule has 6 rings (SSSR count). The third-order valence-electron chi connectivity index (χ3n) is 8.24. The Labute approximate surface area is 233 Å². The number of anilines is 2. The number of carbonyl (C=O) groups is 1. The van der Waals surface area contributed by atoms with Gasteiger partial charge in [-0.15, -0.1) is 0 Å². The van der Waals surface area contributed by atoms with Gasteiger partial charge in [-0.3, -0.25) is 19.8 Å². The lowest BCUT2D eigenvalue weighted by Crippen LogP contribution is -2.36. The van der Waals surface area contributed by atoms with Crippen LogP contribution in [0.15, 0.2) is 30.5 Å². The van der Waals surface area contributed by atoms with Crippen LogP contribution in [0.5, 0.6) is 0 Å². The molecule has 0 bridgehead atoms. The smallest absolute Gasteiger partial charge is 0.219 e. The van der Waals surface area contributed by atoms with E-state index < -0.39 is 6.23 Å². The van der Waals surface area contributed by atoms with Crippen LogP contribution in [0, 0.1) is 0 Å². The Morgan fingerprint density at radius 2 is 2.03 bits per heavy atom. The highest BCUT2D eigenvalue weighted by molar-refractivity contribution is 6.33. The van der Waals surface area contributed by atoms with Crippen LogP contribution in [0.4, 0.5) is 11.5 Å². The van der Waals surface area contributed by atoms with Crippen LogP contribution in [-0.2, 0) is 28.9 Å². The van der Waals surface area contributed by atoms with E-state index in [0.29, 0.717) is 23.3 Å². The first kappa shape index (κ1) is 26.3. The van der Waals surface area contributed by atoms with Crippen molar-refractivity contribution < 1.29 is 14.6 Å². The zero-order chi connectivity index (χ0) is 27.1. The maximum absolute atomic E-state index is 12.3. The summed E-state index contributed by atoms with van der Waals surface area (Å²) in [5.41, 5.74) is 7.08. The number of aryl methyl sites for hydroxylation is 1. The van der Waals surface area contributed by atoms with Crippen molar-refractivity contribution in [2.24, 2.45) is 0 Å². The number of rotatable bonds is 5. The quantitative estimate of drug-likeness (QED) is 0.461. The molecule has 3 aliphatic rings. The van der Waals surface area contributed by atoms with Crippen LogP contribution in [0.2, 0.25) is 5.02 Å². The number of hydrogen-bond donors (Lipinski definition) is 2. The molecule has 1 amide bonds. The van der Waals surface area contributed by atoms with E-state index in [0.717, 1.165) is 86.6 Å². The van der Waals surface area contributed by atoms with Gasteiger partial charge in [-0.25, -0.2) is 0 Å². The fourth-order valence-corrected chi connectivity index (χ4v) is 6.34. The number of carbonyl (C=O) groups excluding carboxylic acids is 1. The maximum atomic E-state index is 12.3. The third kappa shape index (κ3) is 4.93. The number of amides is 1. The van der Waals surface area contributed by atoms with E-state index in [-0.39, 0.29) is 5.91 Å². The van der Waals surface area contributed by atoms with Crippen LogP contribution >= 0.6 is 11.6 Å². The summed E-state index contributed by atoms with van der Waals surface area (Å²) in [6, 6.07) is 8.29. The summed E-state index contributed by atoms with van der Waals surface area (Å²) in [7, 11) is 1.69. The van der Waals surface area contributed by atoms with Crippen molar-refractivity contribution in [3.63, 3.8) is 0 Å². The number of nitrogens with one attached hydrogen (secondary N) is 1. The van der Waals surface area contributed by atoms with E-state index in [4.69, 9.17) is 21.4 Å². The number of aromatic nitrogens is 3. The van der Waals surface area contributed by atoms with E-state index in [2.05, 4.69) is 25.9 Å². The molecule has 2 N–H and O–H groups in total. The maximum Gasteiger partial charge on any atom is 0.219 e. The summed E-state index contributed by atoms with van der Waals surface area (Å²) in [5.74, 6) is 1.04. The molecule has 1 saturated heterocycles. The average molecular weight is 551 g/mol. The van der Waals surface area contributed by atoms with Crippen LogP contribution < -0.4 is 10.2 Å². The fraction of sp³-hybridized carbons (Fsp3) is 0.483. The van der Waals surface area contributed by atoms with Gasteiger partial charge in [0.1, 0.15) is 6.23 Å². The highest BCUT2D eigenvalue weighted by atomic mass is 35.5. The Balaban J connectivity index is 1.39. The van der Waals surface area contributed by atoms with Gasteiger partial charge in [-0.1, -0.05) is 17.7 Å². The first-order chi connectivity index (χ1) is 18.9. The number of hydrogen-bond acceptors (Lipinski definition) is 7. The number of ether oxygens (including phenoxy) is 1. The van der Waals surface area contributed by atoms with Crippen molar-refractivity contribution in [1.82, 2.24) is 25.0 Å². The van der Waals surface area contributed by atoms with Gasteiger partial charge >= 0.3 is 0 Å². The molecule has 1 aromatic carbocycles. The van der Waals surface area contributed by atoms with Crippen LogP contribution in [0.1, 0.15) is 61.0 Å². The standard InChI is InChI=1S/C29H35ClN6O3/c1-18(37)34-11-7-26-23(17-34)28(33-36(26)21-8-12-39-13-9-21)35-10-3-4-19-14-22(24(30)15-27(19)35)20-5-6-25(32-16-20)29(38)31-2/h5-6,14-16,21,29,31,38H,3-4,7-13,17H2,1-2H3. The predicted octanol–water partition coefficient (Wildman–Crippen LogP) is 4.15. The molecule has 0 aliphatic carbocycles. The third-order valence-corrected chi connectivity index (χ3v) is 8.55. The first-order valence-corrected chi connectivity index (χ1v) is 14.2. The number of fused-ring (bicyclic) bond motifs is 2. The molecule has 5 heterocycles. The molecule has 1 atom stereocenters. The summed E-state index contributed by atoms with van der Waals surface area (Å²) in [4.78, 5) is 21.0. The molecule has 0 saturated carbocycles. The van der Waals surface area contributed by atoms with Gasteiger partial charge in [-0.05, 0) is 56.5 Å². The highest BCUT2D eigenvalue weighted by Crippen LogP contribution is 2.43. The van der Waals surface area contributed by atoms with Crippen molar-refractivity contribution in [1.29, 1.82) is 0 Å². The molecule has 2 aromatic heterocycles. The van der Waals surface area contributed by atoms with Crippen LogP contribution in [-0.4, -0.2) is 64.0 Å². The topological polar surface area (TPSA) is 95.7 Å². The lowest BCUT2D eigenvalue weighted by Gasteiger charge is -2.33.